The van der Waals surface area contributed by atoms with Crippen molar-refractivity contribution in [3.05, 3.63) is 35.9 Å². The summed E-state index contributed by atoms with van der Waals surface area (Å²) in [5.74, 6) is -1.74. The van der Waals surface area contributed by atoms with Crippen LogP contribution in [0, 0.1) is 0 Å². The molecular weight excluding hydrogens is 272 g/mol. The Balaban J connectivity index is 2.72. The Hall–Kier alpha value is -2.37. The molecule has 1 aromatic rings. The minimum Gasteiger partial charge on any atom is -0.480 e. The number of benzene rings is 1. The summed E-state index contributed by atoms with van der Waals surface area (Å²) >= 11 is 0. The molecule has 0 aliphatic carbocycles. The number of rotatable bonds is 6. The van der Waals surface area contributed by atoms with Crippen LogP contribution in [-0.2, 0) is 9.59 Å². The summed E-state index contributed by atoms with van der Waals surface area (Å²) in [6.45, 7) is 2.95. The number of likely N-dealkylation sites (N-methyl/N-ethyl adjacent to an activating group) is 1. The van der Waals surface area contributed by atoms with Crippen LogP contribution in [0.2, 0.25) is 0 Å². The highest BCUT2D eigenvalue weighted by Gasteiger charge is 2.23. The van der Waals surface area contributed by atoms with Crippen molar-refractivity contribution in [3.63, 3.8) is 0 Å². The summed E-state index contributed by atoms with van der Waals surface area (Å²) < 4.78 is 0. The van der Waals surface area contributed by atoms with Crippen LogP contribution in [0.3, 0.4) is 0 Å². The first kappa shape index (κ1) is 16.7. The van der Waals surface area contributed by atoms with Gasteiger partial charge in [0.1, 0.15) is 6.54 Å². The van der Waals surface area contributed by atoms with E-state index in [2.05, 4.69) is 0 Å². The van der Waals surface area contributed by atoms with Gasteiger partial charge < -0.3 is 14.9 Å². The zero-order chi connectivity index (χ0) is 16.0. The minimum absolute atomic E-state index is 0.154. The van der Waals surface area contributed by atoms with E-state index in [-0.39, 0.29) is 30.9 Å². The standard InChI is InChI=1S/C15H20N2O4/c1-11(2)17(10-14(19)20)13(18)9-16(3)15(21)12-7-5-4-6-8-12/h4-8,11H,9-10H2,1-3H3,(H,19,20). The second-order valence-corrected chi connectivity index (χ2v) is 5.04. The van der Waals surface area contributed by atoms with Crippen molar-refractivity contribution >= 4 is 17.8 Å². The number of aliphatic carboxylic acids is 1. The van der Waals surface area contributed by atoms with Crippen LogP contribution in [0.4, 0.5) is 0 Å². The Morgan fingerprint density at radius 3 is 2.14 bits per heavy atom. The van der Waals surface area contributed by atoms with Crippen molar-refractivity contribution in [2.75, 3.05) is 20.1 Å². The Bertz CT molecular complexity index is 514. The van der Waals surface area contributed by atoms with Crippen LogP contribution in [0.1, 0.15) is 24.2 Å². The molecule has 0 radical (unpaired) electrons. The fraction of sp³-hybridized carbons (Fsp3) is 0.400. The third-order valence-electron chi connectivity index (χ3n) is 2.99. The lowest BCUT2D eigenvalue weighted by Gasteiger charge is -2.27. The number of hydrogen-bond donors (Lipinski definition) is 1. The van der Waals surface area contributed by atoms with Gasteiger partial charge >= 0.3 is 5.97 Å². The number of carbonyl (C=O) groups excluding carboxylic acids is 2. The number of carboxylic acid groups (broad SMARTS) is 1. The quantitative estimate of drug-likeness (QED) is 0.851. The first-order valence-corrected chi connectivity index (χ1v) is 6.64. The molecule has 0 spiro atoms. The van der Waals surface area contributed by atoms with Gasteiger partial charge in [-0.3, -0.25) is 14.4 Å². The molecule has 6 nitrogen and oxygen atoms in total. The molecule has 0 atom stereocenters. The lowest BCUT2D eigenvalue weighted by molar-refractivity contribution is -0.145. The molecule has 0 aromatic heterocycles. The van der Waals surface area contributed by atoms with E-state index in [0.29, 0.717) is 5.56 Å². The molecule has 0 aliphatic rings. The highest BCUT2D eigenvalue weighted by Crippen LogP contribution is 2.05. The largest absolute Gasteiger partial charge is 0.480 e. The van der Waals surface area contributed by atoms with Gasteiger partial charge in [-0.05, 0) is 26.0 Å². The predicted octanol–water partition coefficient (Wildman–Crippen LogP) is 1.08. The van der Waals surface area contributed by atoms with Crippen LogP contribution < -0.4 is 0 Å². The van der Waals surface area contributed by atoms with Crippen LogP contribution in [0.5, 0.6) is 0 Å². The summed E-state index contributed by atoms with van der Waals surface area (Å²) in [5.41, 5.74) is 0.488. The average Bonchev–Trinajstić information content (AvgIpc) is 2.44. The SMILES string of the molecule is CC(C)N(CC(=O)O)C(=O)CN(C)C(=O)c1ccccc1. The summed E-state index contributed by atoms with van der Waals surface area (Å²) in [7, 11) is 1.52. The molecule has 6 heteroatoms. The second-order valence-electron chi connectivity index (χ2n) is 5.04. The molecule has 0 unspecified atom stereocenters. The lowest BCUT2D eigenvalue weighted by atomic mass is 10.2. The van der Waals surface area contributed by atoms with Gasteiger partial charge in [0, 0.05) is 18.7 Å². The molecule has 0 saturated carbocycles. The number of hydrogen-bond acceptors (Lipinski definition) is 3. The molecule has 114 valence electrons. The second kappa shape index (κ2) is 7.42. The molecule has 0 bridgehead atoms. The minimum atomic E-state index is -1.07. The van der Waals surface area contributed by atoms with E-state index in [0.717, 1.165) is 0 Å². The Kier molecular flexibility index (Phi) is 5.90. The van der Waals surface area contributed by atoms with Gasteiger partial charge in [-0.2, -0.15) is 0 Å². The van der Waals surface area contributed by atoms with E-state index in [4.69, 9.17) is 5.11 Å². The monoisotopic (exact) mass is 292 g/mol. The summed E-state index contributed by atoms with van der Waals surface area (Å²) in [4.78, 5) is 37.6. The molecule has 1 aromatic carbocycles. The van der Waals surface area contributed by atoms with E-state index in [1.807, 2.05) is 0 Å². The molecule has 0 heterocycles. The van der Waals surface area contributed by atoms with Crippen molar-refractivity contribution in [2.45, 2.75) is 19.9 Å². The van der Waals surface area contributed by atoms with Crippen molar-refractivity contribution in [1.82, 2.24) is 9.80 Å². The fourth-order valence-electron chi connectivity index (χ4n) is 1.87. The van der Waals surface area contributed by atoms with E-state index in [1.165, 1.54) is 16.8 Å². The van der Waals surface area contributed by atoms with Gasteiger partial charge in [-0.15, -0.1) is 0 Å². The lowest BCUT2D eigenvalue weighted by Crippen LogP contribution is -2.46. The maximum Gasteiger partial charge on any atom is 0.323 e. The number of amides is 2. The maximum absolute atomic E-state index is 12.1. The molecule has 1 rings (SSSR count). The van der Waals surface area contributed by atoms with Gasteiger partial charge in [-0.25, -0.2) is 0 Å². The highest BCUT2D eigenvalue weighted by atomic mass is 16.4. The Labute approximate surface area is 124 Å². The molecule has 1 N–H and O–H groups in total. The van der Waals surface area contributed by atoms with Crippen molar-refractivity contribution in [1.29, 1.82) is 0 Å². The van der Waals surface area contributed by atoms with Crippen LogP contribution >= 0.6 is 0 Å². The van der Waals surface area contributed by atoms with E-state index >= 15 is 0 Å². The van der Waals surface area contributed by atoms with Gasteiger partial charge in [0.2, 0.25) is 5.91 Å². The predicted molar refractivity (Wildman–Crippen MR) is 77.9 cm³/mol. The van der Waals surface area contributed by atoms with Gasteiger partial charge in [0.25, 0.3) is 5.91 Å². The normalized spacial score (nSPS) is 10.3. The maximum atomic E-state index is 12.1. The molecule has 0 saturated heterocycles. The molecule has 21 heavy (non-hydrogen) atoms. The van der Waals surface area contributed by atoms with Crippen molar-refractivity contribution < 1.29 is 19.5 Å². The molecular formula is C15H20N2O4. The zero-order valence-corrected chi connectivity index (χ0v) is 12.4. The van der Waals surface area contributed by atoms with E-state index in [9.17, 15) is 14.4 Å². The third-order valence-corrected chi connectivity index (χ3v) is 2.99. The van der Waals surface area contributed by atoms with Crippen LogP contribution in [-0.4, -0.2) is 58.9 Å². The van der Waals surface area contributed by atoms with E-state index in [1.54, 1.807) is 44.2 Å². The van der Waals surface area contributed by atoms with E-state index < -0.39 is 5.97 Å². The number of carboxylic acids is 1. The van der Waals surface area contributed by atoms with Gasteiger partial charge in [-0.1, -0.05) is 18.2 Å². The number of nitrogens with zero attached hydrogens (tertiary/aromatic N) is 2. The Morgan fingerprint density at radius 2 is 1.67 bits per heavy atom. The number of carbonyl (C=O) groups is 3. The fourth-order valence-corrected chi connectivity index (χ4v) is 1.87. The van der Waals surface area contributed by atoms with Crippen molar-refractivity contribution in [3.8, 4) is 0 Å². The first-order chi connectivity index (χ1) is 9.82. The average molecular weight is 292 g/mol. The highest BCUT2D eigenvalue weighted by molar-refractivity contribution is 5.96. The van der Waals surface area contributed by atoms with Crippen LogP contribution in [0.15, 0.2) is 30.3 Å². The zero-order valence-electron chi connectivity index (χ0n) is 12.4. The first-order valence-electron chi connectivity index (χ1n) is 6.64. The molecule has 2 amide bonds. The summed E-state index contributed by atoms with van der Waals surface area (Å²) in [6.07, 6.45) is 0. The smallest absolute Gasteiger partial charge is 0.323 e. The summed E-state index contributed by atoms with van der Waals surface area (Å²) in [6, 6.07) is 8.38. The third kappa shape index (κ3) is 4.91. The summed E-state index contributed by atoms with van der Waals surface area (Å²) in [5, 5.41) is 8.83. The molecule has 0 aliphatic heterocycles. The van der Waals surface area contributed by atoms with Crippen LogP contribution in [0.25, 0.3) is 0 Å². The van der Waals surface area contributed by atoms with Crippen molar-refractivity contribution in [2.24, 2.45) is 0 Å². The molecule has 0 fully saturated rings. The van der Waals surface area contributed by atoms with Gasteiger partial charge in [0.05, 0.1) is 6.54 Å². The Morgan fingerprint density at radius 1 is 1.10 bits per heavy atom. The topological polar surface area (TPSA) is 77.9 Å². The van der Waals surface area contributed by atoms with Gasteiger partial charge in [0.15, 0.2) is 0 Å².